The zero-order valence-corrected chi connectivity index (χ0v) is 19.2. The van der Waals surface area contributed by atoms with Crippen LogP contribution < -0.4 is 10.6 Å². The topological polar surface area (TPSA) is 67.9 Å². The fourth-order valence-electron chi connectivity index (χ4n) is 4.08. The van der Waals surface area contributed by atoms with Gasteiger partial charge in [-0.25, -0.2) is 9.18 Å². The smallest absolute Gasteiger partial charge is 0.322 e. The van der Waals surface area contributed by atoms with E-state index in [1.54, 1.807) is 11.0 Å². The highest BCUT2D eigenvalue weighted by Gasteiger charge is 2.37. The van der Waals surface area contributed by atoms with E-state index in [2.05, 4.69) is 43.2 Å². The number of anilines is 1. The fraction of sp³-hybridized carbons (Fsp3) is 0.591. The Morgan fingerprint density at radius 3 is 2.65 bits per heavy atom. The molecule has 0 saturated carbocycles. The lowest BCUT2D eigenvalue weighted by molar-refractivity contribution is -0.137. The van der Waals surface area contributed by atoms with Crippen LogP contribution in [0.2, 0.25) is 5.02 Å². The van der Waals surface area contributed by atoms with Crippen LogP contribution in [-0.2, 0) is 4.79 Å². The summed E-state index contributed by atoms with van der Waals surface area (Å²) >= 11 is 5.70. The Kier molecular flexibility index (Phi) is 7.44. The largest absolute Gasteiger partial charge is 0.337 e. The normalized spacial score (nSPS) is 23.0. The second-order valence-electron chi connectivity index (χ2n) is 9.10. The summed E-state index contributed by atoms with van der Waals surface area (Å²) in [6.45, 7) is 14.0. The van der Waals surface area contributed by atoms with E-state index in [1.807, 2.05) is 4.90 Å². The van der Waals surface area contributed by atoms with Gasteiger partial charge in [-0.1, -0.05) is 18.5 Å². The maximum absolute atomic E-state index is 13.7. The lowest BCUT2D eigenvalue weighted by atomic mass is 10.0. The van der Waals surface area contributed by atoms with E-state index in [0.29, 0.717) is 38.3 Å². The number of piperazine rings is 2. The number of hydrogen-bond acceptors (Lipinski definition) is 4. The molecule has 7 nitrogen and oxygen atoms in total. The van der Waals surface area contributed by atoms with Gasteiger partial charge in [-0.05, 0) is 45.4 Å². The molecule has 2 atom stereocenters. The van der Waals surface area contributed by atoms with E-state index in [-0.39, 0.29) is 34.6 Å². The third-order valence-corrected chi connectivity index (χ3v) is 6.29. The number of nitrogens with one attached hydrogen (secondary N) is 2. The first-order valence-electron chi connectivity index (χ1n) is 10.7. The Bertz CT molecular complexity index is 816. The molecule has 2 heterocycles. The third-order valence-electron chi connectivity index (χ3n) is 5.98. The number of nitrogens with zero attached hydrogens (tertiary/aromatic N) is 3. The molecule has 2 unspecified atom stereocenters. The van der Waals surface area contributed by atoms with Crippen molar-refractivity contribution in [2.75, 3.05) is 44.6 Å². The van der Waals surface area contributed by atoms with Gasteiger partial charge < -0.3 is 20.4 Å². The molecule has 0 aromatic heterocycles. The Balaban J connectivity index is 1.61. The minimum absolute atomic E-state index is 0.00195. The van der Waals surface area contributed by atoms with Gasteiger partial charge in [-0.3, -0.25) is 9.69 Å². The van der Waals surface area contributed by atoms with Gasteiger partial charge in [0.15, 0.2) is 0 Å². The molecule has 31 heavy (non-hydrogen) atoms. The number of amides is 3. The van der Waals surface area contributed by atoms with Gasteiger partial charge in [-0.2, -0.15) is 0 Å². The maximum Gasteiger partial charge on any atom is 0.322 e. The van der Waals surface area contributed by atoms with Crippen molar-refractivity contribution < 1.29 is 14.0 Å². The molecule has 0 aliphatic carbocycles. The Morgan fingerprint density at radius 2 is 2.00 bits per heavy atom. The highest BCUT2D eigenvalue weighted by molar-refractivity contribution is 6.30. The number of rotatable bonds is 3. The number of benzene rings is 1. The van der Waals surface area contributed by atoms with E-state index in [0.717, 1.165) is 13.1 Å². The number of urea groups is 1. The lowest BCUT2D eigenvalue weighted by Gasteiger charge is -2.45. The van der Waals surface area contributed by atoms with Crippen molar-refractivity contribution in [3.05, 3.63) is 36.0 Å². The Morgan fingerprint density at radius 1 is 1.26 bits per heavy atom. The van der Waals surface area contributed by atoms with Crippen LogP contribution in [0.25, 0.3) is 0 Å². The average Bonchev–Trinajstić information content (AvgIpc) is 2.74. The molecular formula is C22H32ClFN5O2. The third kappa shape index (κ3) is 5.67. The lowest BCUT2D eigenvalue weighted by Crippen LogP contribution is -2.64. The summed E-state index contributed by atoms with van der Waals surface area (Å²) in [6, 6.07) is 3.35. The van der Waals surface area contributed by atoms with E-state index in [1.165, 1.54) is 12.1 Å². The molecule has 1 aromatic carbocycles. The van der Waals surface area contributed by atoms with Crippen LogP contribution in [0.5, 0.6) is 0 Å². The monoisotopic (exact) mass is 452 g/mol. The number of carbonyl (C=O) groups excluding carboxylic acids is 2. The fourth-order valence-corrected chi connectivity index (χ4v) is 4.20. The van der Waals surface area contributed by atoms with Gasteiger partial charge in [-0.15, -0.1) is 0 Å². The van der Waals surface area contributed by atoms with E-state index in [4.69, 9.17) is 11.6 Å². The van der Waals surface area contributed by atoms with Crippen molar-refractivity contribution in [3.8, 4) is 0 Å². The van der Waals surface area contributed by atoms with Crippen LogP contribution >= 0.6 is 11.6 Å². The molecule has 1 aromatic rings. The first kappa shape index (κ1) is 23.8. The zero-order valence-electron chi connectivity index (χ0n) is 18.5. The van der Waals surface area contributed by atoms with Crippen molar-refractivity contribution in [2.24, 2.45) is 0 Å². The molecule has 2 fully saturated rings. The molecule has 171 valence electrons. The van der Waals surface area contributed by atoms with Gasteiger partial charge in [0.2, 0.25) is 5.91 Å². The second-order valence-corrected chi connectivity index (χ2v) is 9.51. The number of hydrogen-bond donors (Lipinski definition) is 2. The molecule has 2 aliphatic heterocycles. The average molecular weight is 453 g/mol. The van der Waals surface area contributed by atoms with Gasteiger partial charge in [0.1, 0.15) is 5.82 Å². The Hall–Kier alpha value is -1.90. The van der Waals surface area contributed by atoms with E-state index < -0.39 is 5.82 Å². The highest BCUT2D eigenvalue weighted by Crippen LogP contribution is 2.21. The summed E-state index contributed by atoms with van der Waals surface area (Å²) in [5.74, 6) is -0.528. The summed E-state index contributed by atoms with van der Waals surface area (Å²) in [6.07, 6.45) is 0.471. The predicted molar refractivity (Wildman–Crippen MR) is 121 cm³/mol. The summed E-state index contributed by atoms with van der Waals surface area (Å²) in [5.41, 5.74) is 0.343. The Labute approximate surface area is 188 Å². The first-order valence-corrected chi connectivity index (χ1v) is 11.1. The molecule has 3 rings (SSSR count). The predicted octanol–water partition coefficient (Wildman–Crippen LogP) is 2.82. The van der Waals surface area contributed by atoms with Crippen molar-refractivity contribution in [3.63, 3.8) is 0 Å². The van der Waals surface area contributed by atoms with Crippen LogP contribution in [0.4, 0.5) is 14.9 Å². The molecule has 1 radical (unpaired) electrons. The summed E-state index contributed by atoms with van der Waals surface area (Å²) in [5, 5.41) is 6.05. The minimum atomic E-state index is -0.590. The highest BCUT2D eigenvalue weighted by atomic mass is 35.5. The summed E-state index contributed by atoms with van der Waals surface area (Å²) in [7, 11) is 0. The zero-order chi connectivity index (χ0) is 22.8. The molecule has 2 aliphatic rings. The molecule has 2 saturated heterocycles. The minimum Gasteiger partial charge on any atom is -0.337 e. The molecular weight excluding hydrogens is 421 g/mol. The molecule has 9 heteroatoms. The van der Waals surface area contributed by atoms with Crippen molar-refractivity contribution in [1.29, 1.82) is 0 Å². The van der Waals surface area contributed by atoms with E-state index >= 15 is 0 Å². The summed E-state index contributed by atoms with van der Waals surface area (Å²) in [4.78, 5) is 31.8. The van der Waals surface area contributed by atoms with Crippen LogP contribution in [0, 0.1) is 12.7 Å². The maximum atomic E-state index is 13.7. The first-order chi connectivity index (χ1) is 14.6. The van der Waals surface area contributed by atoms with Crippen LogP contribution in [0.1, 0.15) is 27.2 Å². The van der Waals surface area contributed by atoms with Crippen molar-refractivity contribution >= 4 is 29.2 Å². The molecule has 2 N–H and O–H groups in total. The molecule has 0 spiro atoms. The van der Waals surface area contributed by atoms with Crippen LogP contribution in [0.15, 0.2) is 18.2 Å². The summed E-state index contributed by atoms with van der Waals surface area (Å²) < 4.78 is 13.7. The molecule has 3 amide bonds. The van der Waals surface area contributed by atoms with Crippen molar-refractivity contribution in [2.45, 2.75) is 44.8 Å². The van der Waals surface area contributed by atoms with Crippen LogP contribution in [0.3, 0.4) is 0 Å². The van der Waals surface area contributed by atoms with Gasteiger partial charge in [0.25, 0.3) is 0 Å². The SMILES string of the molecule is [CH2]CC1CN(C(=O)C2CN(C(C)(C)C)CCN2)CCN1C(=O)Nc1ccc(Cl)c(F)c1. The van der Waals surface area contributed by atoms with E-state index in [9.17, 15) is 14.0 Å². The number of carbonyl (C=O) groups is 2. The molecule has 0 bridgehead atoms. The van der Waals surface area contributed by atoms with Gasteiger partial charge in [0, 0.05) is 50.5 Å². The second kappa shape index (κ2) is 9.71. The quantitative estimate of drug-likeness (QED) is 0.740. The van der Waals surface area contributed by atoms with Crippen LogP contribution in [-0.4, -0.2) is 83.5 Å². The van der Waals surface area contributed by atoms with Crippen molar-refractivity contribution in [1.82, 2.24) is 20.0 Å². The van der Waals surface area contributed by atoms with Gasteiger partial charge in [0.05, 0.1) is 17.1 Å². The number of halogens is 2. The standard InChI is InChI=1S/C22H32ClFN5O2/c1-5-16-13-27(20(30)19-14-28(9-8-25-19)22(2,3)4)10-11-29(16)21(31)26-15-6-7-17(23)18(24)12-15/h6-7,12,16,19,25H,1,5,8-11,13-14H2,2-4H3,(H,26,31). The van der Waals surface area contributed by atoms with Gasteiger partial charge >= 0.3 is 6.03 Å².